The molecule has 2 aromatic carbocycles. The van der Waals surface area contributed by atoms with Crippen LogP contribution in [0, 0.1) is 13.8 Å². The molecule has 2 aromatic rings. The van der Waals surface area contributed by atoms with Crippen molar-refractivity contribution in [3.05, 3.63) is 64.7 Å². The van der Waals surface area contributed by atoms with Gasteiger partial charge in [0.05, 0.1) is 0 Å². The number of rotatable bonds is 4. The van der Waals surface area contributed by atoms with E-state index in [-0.39, 0.29) is 6.04 Å². The van der Waals surface area contributed by atoms with Gasteiger partial charge in [0.25, 0.3) is 0 Å². The summed E-state index contributed by atoms with van der Waals surface area (Å²) in [7, 11) is 0. The predicted molar refractivity (Wildman–Crippen MR) is 79.3 cm³/mol. The van der Waals surface area contributed by atoms with Crippen LogP contribution in [-0.4, -0.2) is 5.11 Å². The van der Waals surface area contributed by atoms with Gasteiger partial charge in [-0.1, -0.05) is 47.5 Å². The first-order valence-electron chi connectivity index (χ1n) is 6.64. The molecule has 0 heterocycles. The van der Waals surface area contributed by atoms with E-state index in [4.69, 9.17) is 0 Å². The summed E-state index contributed by atoms with van der Waals surface area (Å²) in [6.45, 7) is 6.93. The highest BCUT2D eigenvalue weighted by molar-refractivity contribution is 5.35. The minimum atomic E-state index is 0.264. The third-order valence-corrected chi connectivity index (χ3v) is 3.41. The molecule has 2 rings (SSSR count). The molecule has 0 aliphatic heterocycles. The Balaban J connectivity index is 2.02. The van der Waals surface area contributed by atoms with Crippen molar-refractivity contribution in [2.24, 2.45) is 0 Å². The zero-order valence-corrected chi connectivity index (χ0v) is 11.8. The van der Waals surface area contributed by atoms with E-state index < -0.39 is 0 Å². The van der Waals surface area contributed by atoms with Crippen molar-refractivity contribution in [3.8, 4) is 5.75 Å². The molecule has 0 unspecified atom stereocenters. The lowest BCUT2D eigenvalue weighted by molar-refractivity contribution is 0.460. The lowest BCUT2D eigenvalue weighted by Gasteiger charge is -2.15. The van der Waals surface area contributed by atoms with E-state index in [9.17, 15) is 5.11 Å². The first-order valence-corrected chi connectivity index (χ1v) is 6.64. The van der Waals surface area contributed by atoms with Crippen LogP contribution in [-0.2, 0) is 6.54 Å². The summed E-state index contributed by atoms with van der Waals surface area (Å²) < 4.78 is 0. The monoisotopic (exact) mass is 255 g/mol. The third-order valence-electron chi connectivity index (χ3n) is 3.41. The fourth-order valence-electron chi connectivity index (χ4n) is 2.09. The van der Waals surface area contributed by atoms with Crippen LogP contribution in [0.5, 0.6) is 5.75 Å². The normalized spacial score (nSPS) is 12.4. The highest BCUT2D eigenvalue weighted by Crippen LogP contribution is 2.20. The number of nitrogens with one attached hydrogen (secondary N) is 1. The molecule has 0 radical (unpaired) electrons. The molecule has 19 heavy (non-hydrogen) atoms. The number of benzene rings is 2. The molecule has 0 amide bonds. The van der Waals surface area contributed by atoms with Gasteiger partial charge in [-0.05, 0) is 32.4 Å². The zero-order chi connectivity index (χ0) is 13.8. The van der Waals surface area contributed by atoms with Gasteiger partial charge < -0.3 is 10.4 Å². The molecule has 1 atom stereocenters. The molecule has 2 N–H and O–H groups in total. The highest BCUT2D eigenvalue weighted by Gasteiger charge is 2.06. The van der Waals surface area contributed by atoms with Gasteiger partial charge in [0.15, 0.2) is 0 Å². The van der Waals surface area contributed by atoms with E-state index in [2.05, 4.69) is 43.4 Å². The van der Waals surface area contributed by atoms with Gasteiger partial charge in [-0.2, -0.15) is 0 Å². The van der Waals surface area contributed by atoms with E-state index in [1.54, 1.807) is 6.07 Å². The molecule has 0 aliphatic carbocycles. The van der Waals surface area contributed by atoms with Gasteiger partial charge in [0, 0.05) is 18.2 Å². The summed E-state index contributed by atoms with van der Waals surface area (Å²) in [6, 6.07) is 14.5. The summed E-state index contributed by atoms with van der Waals surface area (Å²) >= 11 is 0. The number of phenols is 1. The Morgan fingerprint density at radius 3 is 2.32 bits per heavy atom. The van der Waals surface area contributed by atoms with E-state index in [1.165, 1.54) is 11.1 Å². The van der Waals surface area contributed by atoms with Crippen LogP contribution in [0.4, 0.5) is 0 Å². The van der Waals surface area contributed by atoms with Crippen LogP contribution in [0.15, 0.2) is 42.5 Å². The minimum absolute atomic E-state index is 0.264. The van der Waals surface area contributed by atoms with E-state index in [0.29, 0.717) is 12.3 Å². The SMILES string of the molecule is Cc1ccc([C@H](C)NCc2cc(C)ccc2O)cc1. The summed E-state index contributed by atoms with van der Waals surface area (Å²) in [5.41, 5.74) is 4.64. The second-order valence-corrected chi connectivity index (χ2v) is 5.15. The molecule has 0 saturated heterocycles. The van der Waals surface area contributed by atoms with Crippen molar-refractivity contribution in [1.82, 2.24) is 5.32 Å². The van der Waals surface area contributed by atoms with Crippen molar-refractivity contribution < 1.29 is 5.11 Å². The van der Waals surface area contributed by atoms with Gasteiger partial charge >= 0.3 is 0 Å². The Hall–Kier alpha value is -1.80. The number of hydrogen-bond donors (Lipinski definition) is 2. The molecule has 100 valence electrons. The Morgan fingerprint density at radius 1 is 1.00 bits per heavy atom. The average Bonchev–Trinajstić information content (AvgIpc) is 2.40. The van der Waals surface area contributed by atoms with Crippen molar-refractivity contribution >= 4 is 0 Å². The van der Waals surface area contributed by atoms with Crippen molar-refractivity contribution in [2.45, 2.75) is 33.4 Å². The molecule has 0 aliphatic rings. The van der Waals surface area contributed by atoms with E-state index in [1.807, 2.05) is 19.1 Å². The molecule has 0 fully saturated rings. The lowest BCUT2D eigenvalue weighted by Crippen LogP contribution is -2.18. The Kier molecular flexibility index (Phi) is 4.23. The second-order valence-electron chi connectivity index (χ2n) is 5.15. The fraction of sp³-hybridized carbons (Fsp3) is 0.294. The molecular formula is C17H21NO. The Bertz CT molecular complexity index is 546. The summed E-state index contributed by atoms with van der Waals surface area (Å²) in [5, 5.41) is 13.3. The van der Waals surface area contributed by atoms with Crippen LogP contribution in [0.2, 0.25) is 0 Å². The predicted octanol–water partition coefficient (Wildman–Crippen LogP) is 3.86. The van der Waals surface area contributed by atoms with Crippen molar-refractivity contribution in [1.29, 1.82) is 0 Å². The standard InChI is InChI=1S/C17H21NO/c1-12-4-7-15(8-5-12)14(3)18-11-16-10-13(2)6-9-17(16)19/h4-10,14,18-19H,11H2,1-3H3/t14-/m0/s1. The third kappa shape index (κ3) is 3.58. The van der Waals surface area contributed by atoms with Crippen molar-refractivity contribution in [3.63, 3.8) is 0 Å². The number of hydrogen-bond acceptors (Lipinski definition) is 2. The van der Waals surface area contributed by atoms with Crippen molar-refractivity contribution in [2.75, 3.05) is 0 Å². The van der Waals surface area contributed by atoms with Gasteiger partial charge in [-0.3, -0.25) is 0 Å². The van der Waals surface area contributed by atoms with Gasteiger partial charge in [-0.25, -0.2) is 0 Å². The van der Waals surface area contributed by atoms with Gasteiger partial charge in [0.2, 0.25) is 0 Å². The first kappa shape index (κ1) is 13.6. The van der Waals surface area contributed by atoms with Crippen LogP contribution in [0.25, 0.3) is 0 Å². The maximum absolute atomic E-state index is 9.81. The van der Waals surface area contributed by atoms with Crippen LogP contribution in [0.1, 0.15) is 35.2 Å². The first-order chi connectivity index (χ1) is 9.06. The van der Waals surface area contributed by atoms with Crippen LogP contribution in [0.3, 0.4) is 0 Å². The highest BCUT2D eigenvalue weighted by atomic mass is 16.3. The second kappa shape index (κ2) is 5.89. The molecule has 2 nitrogen and oxygen atoms in total. The van der Waals surface area contributed by atoms with Crippen LogP contribution >= 0.6 is 0 Å². The molecule has 0 spiro atoms. The molecular weight excluding hydrogens is 234 g/mol. The fourth-order valence-corrected chi connectivity index (χ4v) is 2.09. The topological polar surface area (TPSA) is 32.3 Å². The smallest absolute Gasteiger partial charge is 0.120 e. The molecule has 0 aromatic heterocycles. The summed E-state index contributed by atoms with van der Waals surface area (Å²) in [5.74, 6) is 0.356. The average molecular weight is 255 g/mol. The number of aromatic hydroxyl groups is 1. The Morgan fingerprint density at radius 2 is 1.63 bits per heavy atom. The quantitative estimate of drug-likeness (QED) is 0.869. The molecule has 0 bridgehead atoms. The number of aryl methyl sites for hydroxylation is 2. The largest absolute Gasteiger partial charge is 0.508 e. The van der Waals surface area contributed by atoms with Gasteiger partial charge in [-0.15, -0.1) is 0 Å². The molecule has 2 heteroatoms. The van der Waals surface area contributed by atoms with E-state index >= 15 is 0 Å². The summed E-state index contributed by atoms with van der Waals surface area (Å²) in [6.07, 6.45) is 0. The van der Waals surface area contributed by atoms with Gasteiger partial charge in [0.1, 0.15) is 5.75 Å². The summed E-state index contributed by atoms with van der Waals surface area (Å²) in [4.78, 5) is 0. The number of phenolic OH excluding ortho intramolecular Hbond substituents is 1. The van der Waals surface area contributed by atoms with E-state index in [0.717, 1.165) is 11.1 Å². The lowest BCUT2D eigenvalue weighted by atomic mass is 10.1. The minimum Gasteiger partial charge on any atom is -0.508 e. The Labute approximate surface area is 115 Å². The molecule has 0 saturated carbocycles. The maximum Gasteiger partial charge on any atom is 0.120 e. The van der Waals surface area contributed by atoms with Crippen LogP contribution < -0.4 is 5.32 Å². The zero-order valence-electron chi connectivity index (χ0n) is 11.8. The maximum atomic E-state index is 9.81.